The van der Waals surface area contributed by atoms with Crippen LogP contribution in [0.25, 0.3) is 0 Å². The first-order chi connectivity index (χ1) is 10.3. The highest BCUT2D eigenvalue weighted by atomic mass is 79.9. The number of nitrogens with one attached hydrogen (secondary N) is 1. The normalized spacial score (nSPS) is 14.3. The maximum Gasteiger partial charge on any atom is 0.243 e. The molecule has 0 fully saturated rings. The van der Waals surface area contributed by atoms with Crippen LogP contribution in [0.15, 0.2) is 52.0 Å². The Morgan fingerprint density at radius 2 is 1.95 bits per heavy atom. The molecule has 1 aromatic heterocycles. The summed E-state index contributed by atoms with van der Waals surface area (Å²) in [4.78, 5) is 15.2. The zero-order chi connectivity index (χ0) is 16.4. The number of aldehydes is 1. The number of benzene rings is 1. The lowest BCUT2D eigenvalue weighted by Crippen LogP contribution is -2.44. The molecule has 0 radical (unpaired) electrons. The highest BCUT2D eigenvalue weighted by molar-refractivity contribution is 9.10. The lowest BCUT2D eigenvalue weighted by atomic mass is 9.95. The molecule has 8 heteroatoms. The second kappa shape index (κ2) is 6.45. The van der Waals surface area contributed by atoms with Gasteiger partial charge in [0.05, 0.1) is 4.47 Å². The van der Waals surface area contributed by atoms with E-state index in [1.165, 1.54) is 13.0 Å². The number of pyridine rings is 1. The van der Waals surface area contributed by atoms with Crippen molar-refractivity contribution in [3.63, 3.8) is 0 Å². The molecule has 1 heterocycles. The minimum absolute atomic E-state index is 0.0900. The van der Waals surface area contributed by atoms with Gasteiger partial charge in [0, 0.05) is 6.20 Å². The SMILES string of the molecule is CC(C=O)(NS(=O)(=O)c1cnc(Cl)c(Br)c1)c1ccccc1. The Kier molecular flexibility index (Phi) is 5.01. The van der Waals surface area contributed by atoms with Crippen LogP contribution in [0.1, 0.15) is 12.5 Å². The van der Waals surface area contributed by atoms with Crippen molar-refractivity contribution in [1.82, 2.24) is 9.71 Å². The predicted octanol–water partition coefficient (Wildman–Crippen LogP) is 2.89. The molecule has 22 heavy (non-hydrogen) atoms. The Hall–Kier alpha value is -1.28. The largest absolute Gasteiger partial charge is 0.301 e. The molecule has 0 saturated heterocycles. The van der Waals surface area contributed by atoms with Crippen LogP contribution in [-0.2, 0) is 20.4 Å². The van der Waals surface area contributed by atoms with Crippen LogP contribution in [0.5, 0.6) is 0 Å². The third-order valence-corrected chi connectivity index (χ3v) is 5.71. The molecule has 1 atom stereocenters. The molecule has 0 amide bonds. The minimum atomic E-state index is -3.95. The molecule has 0 aliphatic heterocycles. The van der Waals surface area contributed by atoms with Crippen molar-refractivity contribution in [3.05, 3.63) is 57.8 Å². The van der Waals surface area contributed by atoms with Gasteiger partial charge in [-0.15, -0.1) is 0 Å². The molecular weight excluding hydrogens is 392 g/mol. The molecular formula is C14H12BrClN2O3S. The van der Waals surface area contributed by atoms with Gasteiger partial charge in [-0.2, -0.15) is 4.72 Å². The number of rotatable bonds is 5. The molecule has 0 spiro atoms. The van der Waals surface area contributed by atoms with E-state index in [0.29, 0.717) is 16.3 Å². The summed E-state index contributed by atoms with van der Waals surface area (Å²) < 4.78 is 27.7. The van der Waals surface area contributed by atoms with Crippen LogP contribution in [0.4, 0.5) is 0 Å². The van der Waals surface area contributed by atoms with E-state index < -0.39 is 15.6 Å². The minimum Gasteiger partial charge on any atom is -0.301 e. The third-order valence-electron chi connectivity index (χ3n) is 3.04. The molecule has 0 aliphatic rings. The van der Waals surface area contributed by atoms with Gasteiger partial charge in [0.15, 0.2) is 0 Å². The van der Waals surface area contributed by atoms with E-state index in [1.54, 1.807) is 30.3 Å². The van der Waals surface area contributed by atoms with E-state index in [-0.39, 0.29) is 10.0 Å². The van der Waals surface area contributed by atoms with Crippen molar-refractivity contribution in [3.8, 4) is 0 Å². The highest BCUT2D eigenvalue weighted by Crippen LogP contribution is 2.25. The monoisotopic (exact) mass is 402 g/mol. The fraction of sp³-hybridized carbons (Fsp3) is 0.143. The van der Waals surface area contributed by atoms with Gasteiger partial charge >= 0.3 is 0 Å². The lowest BCUT2D eigenvalue weighted by Gasteiger charge is -2.25. The molecule has 0 bridgehead atoms. The second-order valence-electron chi connectivity index (χ2n) is 4.74. The van der Waals surface area contributed by atoms with E-state index in [9.17, 15) is 13.2 Å². The van der Waals surface area contributed by atoms with E-state index >= 15 is 0 Å². The third kappa shape index (κ3) is 3.55. The first kappa shape index (κ1) is 17.1. The maximum atomic E-state index is 12.5. The first-order valence-electron chi connectivity index (χ1n) is 6.15. The fourth-order valence-electron chi connectivity index (χ4n) is 1.82. The van der Waals surface area contributed by atoms with E-state index in [0.717, 1.165) is 6.20 Å². The van der Waals surface area contributed by atoms with Crippen LogP contribution < -0.4 is 4.72 Å². The number of nitrogens with zero attached hydrogens (tertiary/aromatic N) is 1. The quantitative estimate of drug-likeness (QED) is 0.615. The predicted molar refractivity (Wildman–Crippen MR) is 87.1 cm³/mol. The van der Waals surface area contributed by atoms with Gasteiger partial charge < -0.3 is 4.79 Å². The van der Waals surface area contributed by atoms with Crippen molar-refractivity contribution in [2.75, 3.05) is 0 Å². The van der Waals surface area contributed by atoms with Gasteiger partial charge in [-0.05, 0) is 34.5 Å². The van der Waals surface area contributed by atoms with Crippen molar-refractivity contribution < 1.29 is 13.2 Å². The Morgan fingerprint density at radius 3 is 2.50 bits per heavy atom. The number of carbonyl (C=O) groups excluding carboxylic acids is 1. The van der Waals surface area contributed by atoms with Gasteiger partial charge in [-0.25, -0.2) is 13.4 Å². The summed E-state index contributed by atoms with van der Waals surface area (Å²) in [5, 5.41) is 0.153. The Morgan fingerprint density at radius 1 is 1.32 bits per heavy atom. The molecule has 1 N–H and O–H groups in total. The lowest BCUT2D eigenvalue weighted by molar-refractivity contribution is -0.112. The summed E-state index contributed by atoms with van der Waals surface area (Å²) >= 11 is 8.88. The van der Waals surface area contributed by atoms with E-state index in [4.69, 9.17) is 11.6 Å². The summed E-state index contributed by atoms with van der Waals surface area (Å²) in [6.45, 7) is 1.49. The van der Waals surface area contributed by atoms with Crippen molar-refractivity contribution in [2.45, 2.75) is 17.4 Å². The molecule has 0 aliphatic carbocycles. The second-order valence-corrected chi connectivity index (χ2v) is 7.63. The fourth-order valence-corrected chi connectivity index (χ4v) is 3.73. The van der Waals surface area contributed by atoms with Crippen molar-refractivity contribution in [2.24, 2.45) is 0 Å². The summed E-state index contributed by atoms with van der Waals surface area (Å²) in [7, 11) is -3.95. The molecule has 1 unspecified atom stereocenters. The topological polar surface area (TPSA) is 76.1 Å². The standard InChI is InChI=1S/C14H12BrClN2O3S/c1-14(9-19,10-5-3-2-4-6-10)18-22(20,21)11-7-12(15)13(16)17-8-11/h2-9,18H,1H3. The smallest absolute Gasteiger partial charge is 0.243 e. The molecule has 2 aromatic rings. The highest BCUT2D eigenvalue weighted by Gasteiger charge is 2.32. The van der Waals surface area contributed by atoms with Gasteiger partial charge in [-0.3, -0.25) is 0 Å². The number of aromatic nitrogens is 1. The average molecular weight is 404 g/mol. The van der Waals surface area contributed by atoms with Gasteiger partial charge in [0.2, 0.25) is 10.0 Å². The summed E-state index contributed by atoms with van der Waals surface area (Å²) in [6.07, 6.45) is 1.68. The van der Waals surface area contributed by atoms with Crippen LogP contribution in [0, 0.1) is 0 Å². The number of carbonyl (C=O) groups is 1. The zero-order valence-electron chi connectivity index (χ0n) is 11.5. The van der Waals surface area contributed by atoms with Crippen molar-refractivity contribution in [1.29, 1.82) is 0 Å². The average Bonchev–Trinajstić information content (AvgIpc) is 2.50. The van der Waals surface area contributed by atoms with Gasteiger partial charge in [-0.1, -0.05) is 41.9 Å². The van der Waals surface area contributed by atoms with Crippen molar-refractivity contribution >= 4 is 43.8 Å². The molecule has 5 nitrogen and oxygen atoms in total. The van der Waals surface area contributed by atoms with Crippen LogP contribution in [0.2, 0.25) is 5.15 Å². The maximum absolute atomic E-state index is 12.5. The van der Waals surface area contributed by atoms with Gasteiger partial charge in [0.1, 0.15) is 21.9 Å². The van der Waals surface area contributed by atoms with Crippen LogP contribution >= 0.6 is 27.5 Å². The molecule has 116 valence electrons. The Balaban J connectivity index is 2.42. The molecule has 0 saturated carbocycles. The van der Waals surface area contributed by atoms with E-state index in [2.05, 4.69) is 25.6 Å². The molecule has 2 rings (SSSR count). The van der Waals surface area contributed by atoms with E-state index in [1.807, 2.05) is 0 Å². The molecule has 1 aromatic carbocycles. The summed E-state index contributed by atoms with van der Waals surface area (Å²) in [5.74, 6) is 0. The number of hydrogen-bond acceptors (Lipinski definition) is 4. The Bertz CT molecular complexity index is 799. The Labute approximate surface area is 141 Å². The van der Waals surface area contributed by atoms with Crippen LogP contribution in [0.3, 0.4) is 0 Å². The zero-order valence-corrected chi connectivity index (χ0v) is 14.6. The number of sulfonamides is 1. The number of halogens is 2. The van der Waals surface area contributed by atoms with Gasteiger partial charge in [0.25, 0.3) is 0 Å². The summed E-state index contributed by atoms with van der Waals surface area (Å²) in [6, 6.07) is 9.91. The number of hydrogen-bond donors (Lipinski definition) is 1. The van der Waals surface area contributed by atoms with Crippen LogP contribution in [-0.4, -0.2) is 19.7 Å². The summed E-state index contributed by atoms with van der Waals surface area (Å²) in [5.41, 5.74) is -0.846. The first-order valence-corrected chi connectivity index (χ1v) is 8.81.